The SMILES string of the molecule is CC(=O)OC[C@H]1O[C@H](c2ccc(C(C)(C)C)cc2)C=C[C@@H]1OC(C)=O. The number of ether oxygens (including phenoxy) is 3. The summed E-state index contributed by atoms with van der Waals surface area (Å²) in [7, 11) is 0. The van der Waals surface area contributed by atoms with Gasteiger partial charge in [-0.15, -0.1) is 0 Å². The molecule has 5 nitrogen and oxygen atoms in total. The Labute approximate surface area is 149 Å². The molecule has 1 aliphatic rings. The molecule has 1 aliphatic heterocycles. The quantitative estimate of drug-likeness (QED) is 0.617. The third-order valence-electron chi connectivity index (χ3n) is 4.02. The molecule has 0 unspecified atom stereocenters. The molecule has 1 heterocycles. The van der Waals surface area contributed by atoms with Crippen molar-refractivity contribution in [2.45, 2.75) is 58.3 Å². The highest BCUT2D eigenvalue weighted by molar-refractivity contribution is 5.67. The first-order valence-electron chi connectivity index (χ1n) is 8.41. The van der Waals surface area contributed by atoms with Gasteiger partial charge in [0, 0.05) is 13.8 Å². The molecule has 3 atom stereocenters. The molecule has 0 N–H and O–H groups in total. The predicted molar refractivity (Wildman–Crippen MR) is 94.1 cm³/mol. The second kappa shape index (κ2) is 7.83. The molecule has 1 aromatic carbocycles. The predicted octanol–water partition coefficient (Wildman–Crippen LogP) is 3.48. The van der Waals surface area contributed by atoms with Crippen LogP contribution in [0.4, 0.5) is 0 Å². The van der Waals surface area contributed by atoms with E-state index in [1.165, 1.54) is 19.4 Å². The van der Waals surface area contributed by atoms with Crippen LogP contribution in [0.15, 0.2) is 36.4 Å². The Kier molecular flexibility index (Phi) is 6.01. The topological polar surface area (TPSA) is 61.8 Å². The highest BCUT2D eigenvalue weighted by atomic mass is 16.6. The van der Waals surface area contributed by atoms with Crippen LogP contribution >= 0.6 is 0 Å². The van der Waals surface area contributed by atoms with Crippen LogP contribution in [0.2, 0.25) is 0 Å². The minimum absolute atomic E-state index is 0.0359. The molecule has 0 saturated heterocycles. The van der Waals surface area contributed by atoms with Gasteiger partial charge in [0.15, 0.2) is 0 Å². The molecule has 0 saturated carbocycles. The highest BCUT2D eigenvalue weighted by Gasteiger charge is 2.31. The average molecular weight is 346 g/mol. The van der Waals surface area contributed by atoms with E-state index in [0.29, 0.717) is 0 Å². The molecule has 25 heavy (non-hydrogen) atoms. The average Bonchev–Trinajstić information content (AvgIpc) is 2.52. The first kappa shape index (κ1) is 19.2. The highest BCUT2D eigenvalue weighted by Crippen LogP contribution is 2.30. The summed E-state index contributed by atoms with van der Waals surface area (Å²) in [6.45, 7) is 9.21. The summed E-state index contributed by atoms with van der Waals surface area (Å²) in [5, 5.41) is 0. The fraction of sp³-hybridized carbons (Fsp3) is 0.500. The van der Waals surface area contributed by atoms with Crippen LogP contribution in [-0.4, -0.2) is 30.8 Å². The molecule has 2 rings (SSSR count). The molecule has 1 aromatic rings. The molecular weight excluding hydrogens is 320 g/mol. The number of benzene rings is 1. The van der Waals surface area contributed by atoms with Crippen molar-refractivity contribution in [3.63, 3.8) is 0 Å². The van der Waals surface area contributed by atoms with Crippen LogP contribution in [0.5, 0.6) is 0 Å². The Balaban J connectivity index is 2.16. The van der Waals surface area contributed by atoms with Crippen molar-refractivity contribution in [1.82, 2.24) is 0 Å². The Morgan fingerprint density at radius 1 is 1.04 bits per heavy atom. The van der Waals surface area contributed by atoms with Gasteiger partial charge in [-0.1, -0.05) is 51.1 Å². The van der Waals surface area contributed by atoms with E-state index in [0.717, 1.165) is 5.56 Å². The Morgan fingerprint density at radius 2 is 1.68 bits per heavy atom. The lowest BCUT2D eigenvalue weighted by molar-refractivity contribution is -0.163. The minimum atomic E-state index is -0.568. The lowest BCUT2D eigenvalue weighted by Gasteiger charge is -2.32. The second-order valence-electron chi connectivity index (χ2n) is 7.23. The molecule has 0 amide bonds. The fourth-order valence-electron chi connectivity index (χ4n) is 2.65. The number of rotatable bonds is 4. The third kappa shape index (κ3) is 5.43. The number of hydrogen-bond donors (Lipinski definition) is 0. The molecule has 5 heteroatoms. The zero-order chi connectivity index (χ0) is 18.6. The molecule has 0 radical (unpaired) electrons. The van der Waals surface area contributed by atoms with Gasteiger partial charge in [0.1, 0.15) is 24.9 Å². The van der Waals surface area contributed by atoms with Crippen molar-refractivity contribution in [3.05, 3.63) is 47.5 Å². The van der Waals surface area contributed by atoms with Gasteiger partial charge in [-0.3, -0.25) is 9.59 Å². The maximum atomic E-state index is 11.3. The number of esters is 2. The van der Waals surface area contributed by atoms with E-state index in [2.05, 4.69) is 32.9 Å². The van der Waals surface area contributed by atoms with Gasteiger partial charge in [-0.25, -0.2) is 0 Å². The monoisotopic (exact) mass is 346 g/mol. The summed E-state index contributed by atoms with van der Waals surface area (Å²) in [4.78, 5) is 22.4. The molecule has 0 bridgehead atoms. The van der Waals surface area contributed by atoms with E-state index in [-0.39, 0.29) is 18.1 Å². The van der Waals surface area contributed by atoms with Crippen molar-refractivity contribution in [2.75, 3.05) is 6.61 Å². The Bertz CT molecular complexity index is 639. The molecule has 0 fully saturated rings. The van der Waals surface area contributed by atoms with Crippen LogP contribution in [0.3, 0.4) is 0 Å². The summed E-state index contributed by atoms with van der Waals surface area (Å²) in [5.41, 5.74) is 2.32. The Morgan fingerprint density at radius 3 is 2.20 bits per heavy atom. The van der Waals surface area contributed by atoms with Crippen LogP contribution in [-0.2, 0) is 29.2 Å². The molecular formula is C20H26O5. The van der Waals surface area contributed by atoms with Crippen LogP contribution in [0, 0.1) is 0 Å². The van der Waals surface area contributed by atoms with Crippen LogP contribution < -0.4 is 0 Å². The number of hydrogen-bond acceptors (Lipinski definition) is 5. The summed E-state index contributed by atoms with van der Waals surface area (Å²) >= 11 is 0. The maximum Gasteiger partial charge on any atom is 0.303 e. The van der Waals surface area contributed by atoms with Crippen molar-refractivity contribution in [2.24, 2.45) is 0 Å². The molecule has 0 aliphatic carbocycles. The van der Waals surface area contributed by atoms with E-state index in [1.807, 2.05) is 18.2 Å². The van der Waals surface area contributed by atoms with Crippen LogP contribution in [0.25, 0.3) is 0 Å². The zero-order valence-corrected chi connectivity index (χ0v) is 15.4. The first-order chi connectivity index (χ1) is 11.7. The second-order valence-corrected chi connectivity index (χ2v) is 7.23. The van der Waals surface area contributed by atoms with Gasteiger partial charge in [0.05, 0.1) is 0 Å². The lowest BCUT2D eigenvalue weighted by atomic mass is 9.86. The first-order valence-corrected chi connectivity index (χ1v) is 8.41. The van der Waals surface area contributed by atoms with Gasteiger partial charge in [-0.2, -0.15) is 0 Å². The zero-order valence-electron chi connectivity index (χ0n) is 15.4. The van der Waals surface area contributed by atoms with Crippen molar-refractivity contribution < 1.29 is 23.8 Å². The smallest absolute Gasteiger partial charge is 0.303 e. The number of carbonyl (C=O) groups excluding carboxylic acids is 2. The summed E-state index contributed by atoms with van der Waals surface area (Å²) < 4.78 is 16.3. The standard InChI is InChI=1S/C20H26O5/c1-13(21)23-12-19-18(24-14(2)22)11-10-17(25-19)15-6-8-16(9-7-15)20(3,4)5/h6-11,17-19H,12H2,1-5H3/t17-,18-,19+/m0/s1. The van der Waals surface area contributed by atoms with Crippen molar-refractivity contribution >= 4 is 11.9 Å². The Hall–Kier alpha value is -2.14. The van der Waals surface area contributed by atoms with E-state index in [9.17, 15) is 9.59 Å². The van der Waals surface area contributed by atoms with Gasteiger partial charge in [-0.05, 0) is 22.6 Å². The van der Waals surface area contributed by atoms with E-state index in [1.54, 1.807) is 6.08 Å². The van der Waals surface area contributed by atoms with Gasteiger partial charge in [0.25, 0.3) is 0 Å². The lowest BCUT2D eigenvalue weighted by Crippen LogP contribution is -2.39. The third-order valence-corrected chi connectivity index (χ3v) is 4.02. The minimum Gasteiger partial charge on any atom is -0.463 e. The van der Waals surface area contributed by atoms with E-state index in [4.69, 9.17) is 14.2 Å². The van der Waals surface area contributed by atoms with E-state index < -0.39 is 24.1 Å². The summed E-state index contributed by atoms with van der Waals surface area (Å²) in [6, 6.07) is 8.24. The van der Waals surface area contributed by atoms with Gasteiger partial charge < -0.3 is 14.2 Å². The fourth-order valence-corrected chi connectivity index (χ4v) is 2.65. The molecule has 136 valence electrons. The summed E-state index contributed by atoms with van der Waals surface area (Å²) in [6.07, 6.45) is 2.28. The van der Waals surface area contributed by atoms with Crippen molar-refractivity contribution in [3.8, 4) is 0 Å². The van der Waals surface area contributed by atoms with Gasteiger partial charge in [0.2, 0.25) is 0 Å². The van der Waals surface area contributed by atoms with Gasteiger partial charge >= 0.3 is 11.9 Å². The van der Waals surface area contributed by atoms with Crippen molar-refractivity contribution in [1.29, 1.82) is 0 Å². The molecule has 0 aromatic heterocycles. The van der Waals surface area contributed by atoms with E-state index >= 15 is 0 Å². The largest absolute Gasteiger partial charge is 0.463 e. The maximum absolute atomic E-state index is 11.3. The summed E-state index contributed by atoms with van der Waals surface area (Å²) in [5.74, 6) is -0.801. The number of carbonyl (C=O) groups is 2. The normalized spacial score (nSPS) is 23.2. The molecule has 0 spiro atoms. The van der Waals surface area contributed by atoms with Crippen LogP contribution in [0.1, 0.15) is 51.8 Å².